The number of rotatable bonds is 8. The van der Waals surface area contributed by atoms with Crippen LogP contribution in [0, 0.1) is 11.8 Å². The number of cyclic esters (lactones) is 2. The maximum atomic E-state index is 13.8. The first-order valence-electron chi connectivity index (χ1n) is 16.8. The molecule has 49 heavy (non-hydrogen) atoms. The van der Waals surface area contributed by atoms with E-state index in [1.165, 1.54) is 25.9 Å². The second-order valence-electron chi connectivity index (χ2n) is 13.5. The maximum absolute atomic E-state index is 13.8. The molecule has 0 bridgehead atoms. The molecule has 12 heteroatoms. The molecule has 1 aliphatic heterocycles. The van der Waals surface area contributed by atoms with Crippen LogP contribution in [0.3, 0.4) is 0 Å². The molecule has 3 rings (SSSR count). The largest absolute Gasteiger partial charge is 0.451 e. The molecular weight excluding hydrogens is 628 g/mol. The zero-order valence-electron chi connectivity index (χ0n) is 29.5. The lowest BCUT2D eigenvalue weighted by atomic mass is 10.0. The van der Waals surface area contributed by atoms with Gasteiger partial charge < -0.3 is 29.9 Å². The third-order valence-corrected chi connectivity index (χ3v) is 8.30. The number of hydrogen-bond acceptors (Lipinski definition) is 8. The smallest absolute Gasteiger partial charge is 0.329 e. The summed E-state index contributed by atoms with van der Waals surface area (Å²) in [6.45, 7) is 8.51. The highest BCUT2D eigenvalue weighted by molar-refractivity contribution is 5.95. The SMILES string of the molecule is CC(C)C[C@@H]1NC(=O)[C@@H](Cc2ccccc2)OC(=O)[C@H](C)N(C)C(=O)[C@H](CC(C)C)NC(=O)[C@@H](Cc2ccccc2)OC(=O)CN(C)C1=O. The first kappa shape index (κ1) is 38.7. The summed E-state index contributed by atoms with van der Waals surface area (Å²) in [6.07, 6.45) is -2.15. The van der Waals surface area contributed by atoms with Crippen molar-refractivity contribution in [3.63, 3.8) is 0 Å². The molecular formula is C37H50N4O8. The van der Waals surface area contributed by atoms with E-state index in [2.05, 4.69) is 10.6 Å². The van der Waals surface area contributed by atoms with Gasteiger partial charge in [-0.15, -0.1) is 0 Å². The number of ether oxygens (including phenoxy) is 2. The van der Waals surface area contributed by atoms with Gasteiger partial charge in [0.25, 0.3) is 11.8 Å². The molecule has 2 aromatic rings. The Hall–Kier alpha value is -4.74. The summed E-state index contributed by atoms with van der Waals surface area (Å²) in [5, 5.41) is 5.50. The fourth-order valence-electron chi connectivity index (χ4n) is 5.51. The van der Waals surface area contributed by atoms with Crippen LogP contribution >= 0.6 is 0 Å². The van der Waals surface area contributed by atoms with E-state index in [4.69, 9.17) is 9.47 Å². The number of esters is 2. The van der Waals surface area contributed by atoms with Crippen LogP contribution < -0.4 is 10.6 Å². The predicted molar refractivity (Wildman–Crippen MR) is 183 cm³/mol. The van der Waals surface area contributed by atoms with Gasteiger partial charge in [0.05, 0.1) is 0 Å². The van der Waals surface area contributed by atoms with E-state index in [1.54, 1.807) is 48.5 Å². The number of hydrogen-bond donors (Lipinski definition) is 2. The number of nitrogens with zero attached hydrogens (tertiary/aromatic N) is 2. The summed E-state index contributed by atoms with van der Waals surface area (Å²) >= 11 is 0. The van der Waals surface area contributed by atoms with Crippen LogP contribution in [-0.2, 0) is 51.1 Å². The highest BCUT2D eigenvalue weighted by Crippen LogP contribution is 2.16. The molecule has 266 valence electrons. The molecule has 2 N–H and O–H groups in total. The van der Waals surface area contributed by atoms with Gasteiger partial charge in [-0.25, -0.2) is 4.79 Å². The van der Waals surface area contributed by atoms with Gasteiger partial charge in [-0.05, 0) is 42.7 Å². The second-order valence-corrected chi connectivity index (χ2v) is 13.5. The van der Waals surface area contributed by atoms with Crippen molar-refractivity contribution in [2.24, 2.45) is 11.8 Å². The average molecular weight is 679 g/mol. The molecule has 0 aromatic heterocycles. The van der Waals surface area contributed by atoms with Crippen LogP contribution in [0.2, 0.25) is 0 Å². The van der Waals surface area contributed by atoms with Gasteiger partial charge >= 0.3 is 11.9 Å². The van der Waals surface area contributed by atoms with Gasteiger partial charge in [-0.3, -0.25) is 24.0 Å². The van der Waals surface area contributed by atoms with E-state index < -0.39 is 72.4 Å². The van der Waals surface area contributed by atoms with Crippen molar-refractivity contribution in [1.82, 2.24) is 20.4 Å². The Kier molecular flexibility index (Phi) is 14.3. The molecule has 0 saturated carbocycles. The molecule has 0 aliphatic carbocycles. The zero-order chi connectivity index (χ0) is 36.2. The van der Waals surface area contributed by atoms with Crippen molar-refractivity contribution in [3.8, 4) is 0 Å². The van der Waals surface area contributed by atoms with E-state index in [9.17, 15) is 28.8 Å². The quantitative estimate of drug-likeness (QED) is 0.405. The molecule has 0 spiro atoms. The van der Waals surface area contributed by atoms with E-state index in [1.807, 2.05) is 39.8 Å². The van der Waals surface area contributed by atoms with Gasteiger partial charge in [-0.1, -0.05) is 88.4 Å². The van der Waals surface area contributed by atoms with Crippen LogP contribution in [0.4, 0.5) is 0 Å². The van der Waals surface area contributed by atoms with Gasteiger partial charge in [0.1, 0.15) is 24.7 Å². The number of likely N-dealkylation sites (N-methyl/N-ethyl adjacent to an activating group) is 2. The molecule has 0 unspecified atom stereocenters. The lowest BCUT2D eigenvalue weighted by molar-refractivity contribution is -0.164. The maximum Gasteiger partial charge on any atom is 0.329 e. The summed E-state index contributed by atoms with van der Waals surface area (Å²) in [5.74, 6) is -4.22. The molecule has 0 radical (unpaired) electrons. The van der Waals surface area contributed by atoms with Crippen molar-refractivity contribution >= 4 is 35.6 Å². The van der Waals surface area contributed by atoms with Crippen LogP contribution in [0.15, 0.2) is 60.7 Å². The van der Waals surface area contributed by atoms with Crippen LogP contribution in [-0.4, -0.2) is 96.3 Å². The zero-order valence-corrected chi connectivity index (χ0v) is 29.5. The topological polar surface area (TPSA) is 151 Å². The molecule has 12 nitrogen and oxygen atoms in total. The third kappa shape index (κ3) is 11.7. The van der Waals surface area contributed by atoms with Gasteiger partial charge in [-0.2, -0.15) is 0 Å². The van der Waals surface area contributed by atoms with Crippen molar-refractivity contribution in [2.75, 3.05) is 20.6 Å². The minimum atomic E-state index is -1.33. The molecule has 1 aliphatic rings. The normalized spacial score (nSPS) is 23.8. The fourth-order valence-corrected chi connectivity index (χ4v) is 5.51. The Balaban J connectivity index is 2.04. The number of carbonyl (C=O) groups is 6. The fraction of sp³-hybridized carbons (Fsp3) is 0.514. The van der Waals surface area contributed by atoms with E-state index in [0.717, 1.165) is 4.90 Å². The van der Waals surface area contributed by atoms with E-state index in [0.29, 0.717) is 11.1 Å². The molecule has 4 amide bonds. The highest BCUT2D eigenvalue weighted by atomic mass is 16.6. The summed E-state index contributed by atoms with van der Waals surface area (Å²) < 4.78 is 11.4. The minimum Gasteiger partial charge on any atom is -0.451 e. The Bertz CT molecular complexity index is 1450. The first-order valence-corrected chi connectivity index (χ1v) is 16.8. The Morgan fingerprint density at radius 1 is 0.673 bits per heavy atom. The minimum absolute atomic E-state index is 0.0163. The van der Waals surface area contributed by atoms with Crippen molar-refractivity contribution < 1.29 is 38.2 Å². The van der Waals surface area contributed by atoms with Gasteiger partial charge in [0.15, 0.2) is 12.2 Å². The Morgan fingerprint density at radius 3 is 1.55 bits per heavy atom. The summed E-state index contributed by atoms with van der Waals surface area (Å²) in [6, 6.07) is 14.7. The number of nitrogens with one attached hydrogen (secondary N) is 2. The summed E-state index contributed by atoms with van der Waals surface area (Å²) in [7, 11) is 2.83. The second kappa shape index (κ2) is 18.1. The lowest BCUT2D eigenvalue weighted by Gasteiger charge is -2.32. The predicted octanol–water partition coefficient (Wildman–Crippen LogP) is 2.68. The summed E-state index contributed by atoms with van der Waals surface area (Å²) in [5.41, 5.74) is 1.43. The monoisotopic (exact) mass is 678 g/mol. The standard InChI is InChI=1S/C37H50N4O8/c1-23(2)18-28-35(45)40(6)22-32(42)48-30(20-26-14-10-8-11-15-26)33(43)39-29(19-24(3)4)36(46)41(7)25(5)37(47)49-31(34(44)38-28)21-27-16-12-9-13-17-27/h8-17,23-25,28-31H,18-22H2,1-7H3,(H,38,44)(H,39,43)/t25-,28-,29-,30+,31+/m0/s1. The van der Waals surface area contributed by atoms with Gasteiger partial charge in [0, 0.05) is 26.9 Å². The van der Waals surface area contributed by atoms with Crippen molar-refractivity contribution in [1.29, 1.82) is 0 Å². The molecule has 1 heterocycles. The van der Waals surface area contributed by atoms with E-state index in [-0.39, 0.29) is 37.5 Å². The van der Waals surface area contributed by atoms with Crippen LogP contribution in [0.1, 0.15) is 58.6 Å². The average Bonchev–Trinajstić information content (AvgIpc) is 3.05. The molecule has 5 atom stereocenters. The number of benzene rings is 2. The molecule has 1 fully saturated rings. The van der Waals surface area contributed by atoms with E-state index >= 15 is 0 Å². The van der Waals surface area contributed by atoms with Crippen molar-refractivity contribution in [2.45, 2.75) is 90.6 Å². The molecule has 2 aromatic carbocycles. The number of carbonyl (C=O) groups excluding carboxylic acids is 6. The summed E-state index contributed by atoms with van der Waals surface area (Å²) in [4.78, 5) is 84.2. The number of amides is 4. The lowest BCUT2D eigenvalue weighted by Crippen LogP contribution is -2.56. The first-order chi connectivity index (χ1) is 23.2. The Morgan fingerprint density at radius 2 is 1.10 bits per heavy atom. The highest BCUT2D eigenvalue weighted by Gasteiger charge is 2.37. The van der Waals surface area contributed by atoms with Crippen LogP contribution in [0.5, 0.6) is 0 Å². The van der Waals surface area contributed by atoms with Crippen LogP contribution in [0.25, 0.3) is 0 Å². The van der Waals surface area contributed by atoms with Gasteiger partial charge in [0.2, 0.25) is 11.8 Å². The Labute approximate surface area is 288 Å². The van der Waals surface area contributed by atoms with Crippen molar-refractivity contribution in [3.05, 3.63) is 71.8 Å². The molecule has 1 saturated heterocycles. The third-order valence-electron chi connectivity index (χ3n) is 8.30.